The van der Waals surface area contributed by atoms with E-state index in [-0.39, 0.29) is 17.4 Å². The van der Waals surface area contributed by atoms with E-state index in [1.165, 1.54) is 0 Å². The number of rotatable bonds is 4. The van der Waals surface area contributed by atoms with E-state index < -0.39 is 0 Å². The Labute approximate surface area is 127 Å². The van der Waals surface area contributed by atoms with Crippen molar-refractivity contribution < 1.29 is 14.3 Å². The summed E-state index contributed by atoms with van der Waals surface area (Å²) < 4.78 is 11.8. The lowest BCUT2D eigenvalue weighted by atomic mass is 9.73. The molecular formula is C17H27NO3. The number of nitrogens with zero attached hydrogens (tertiary/aromatic N) is 1. The van der Waals surface area contributed by atoms with Crippen molar-refractivity contribution >= 4 is 5.91 Å². The van der Waals surface area contributed by atoms with Gasteiger partial charge in [-0.25, -0.2) is 0 Å². The molecule has 0 saturated carbocycles. The van der Waals surface area contributed by atoms with E-state index in [0.717, 1.165) is 77.0 Å². The second kappa shape index (κ2) is 6.49. The maximum atomic E-state index is 12.7. The number of carbonyl (C=O) groups excluding carboxylic acids is 1. The van der Waals surface area contributed by atoms with Gasteiger partial charge in [0.15, 0.2) is 0 Å². The number of hydrogen-bond donors (Lipinski definition) is 0. The van der Waals surface area contributed by atoms with Gasteiger partial charge in [0.25, 0.3) is 0 Å². The topological polar surface area (TPSA) is 38.8 Å². The van der Waals surface area contributed by atoms with E-state index in [2.05, 4.69) is 11.0 Å². The van der Waals surface area contributed by atoms with Crippen molar-refractivity contribution in [3.8, 4) is 0 Å². The first kappa shape index (κ1) is 15.0. The quantitative estimate of drug-likeness (QED) is 0.799. The number of carbonyl (C=O) groups is 1. The Morgan fingerprint density at radius 3 is 3.19 bits per heavy atom. The van der Waals surface area contributed by atoms with Gasteiger partial charge in [-0.2, -0.15) is 0 Å². The smallest absolute Gasteiger partial charge is 0.249 e. The standard InChI is InChI=1S/C17H27NO3/c1-2-20-13-17-9-5-11-21-15(17)8-10-18(12-17)16(19)14-6-3-4-7-14/h6,15H,2-5,7-13H2,1H3/t15-,17+/m1/s1. The SMILES string of the molecule is CCOC[C@@]12CCCO[C@@H]1CCN(C(=O)C1=CCCC1)C2. The number of ether oxygens (including phenoxy) is 2. The molecule has 3 aliphatic rings. The van der Waals surface area contributed by atoms with Crippen LogP contribution in [0.2, 0.25) is 0 Å². The van der Waals surface area contributed by atoms with Gasteiger partial charge >= 0.3 is 0 Å². The van der Waals surface area contributed by atoms with Crippen LogP contribution < -0.4 is 0 Å². The molecule has 0 unspecified atom stereocenters. The molecule has 21 heavy (non-hydrogen) atoms. The molecule has 0 aromatic heterocycles. The predicted molar refractivity (Wildman–Crippen MR) is 81.0 cm³/mol. The van der Waals surface area contributed by atoms with Gasteiger partial charge in [-0.1, -0.05) is 6.08 Å². The first-order chi connectivity index (χ1) is 10.2. The summed E-state index contributed by atoms with van der Waals surface area (Å²) in [5.74, 6) is 0.257. The van der Waals surface area contributed by atoms with E-state index in [1.54, 1.807) is 0 Å². The summed E-state index contributed by atoms with van der Waals surface area (Å²) >= 11 is 0. The molecule has 0 bridgehead atoms. The van der Waals surface area contributed by atoms with Crippen molar-refractivity contribution in [2.24, 2.45) is 5.41 Å². The van der Waals surface area contributed by atoms with Gasteiger partial charge in [0.2, 0.25) is 5.91 Å². The molecule has 1 amide bonds. The molecule has 1 aliphatic carbocycles. The molecule has 2 saturated heterocycles. The minimum atomic E-state index is 0.0152. The lowest BCUT2D eigenvalue weighted by Gasteiger charge is -2.50. The second-order valence-electron chi connectivity index (χ2n) is 6.60. The van der Waals surface area contributed by atoms with Gasteiger partial charge in [0, 0.05) is 37.3 Å². The molecular weight excluding hydrogens is 266 g/mol. The van der Waals surface area contributed by atoms with Crippen LogP contribution >= 0.6 is 0 Å². The fraction of sp³-hybridized carbons (Fsp3) is 0.824. The molecule has 4 heteroatoms. The largest absolute Gasteiger partial charge is 0.381 e. The van der Waals surface area contributed by atoms with E-state index in [0.29, 0.717) is 0 Å². The molecule has 2 aliphatic heterocycles. The maximum absolute atomic E-state index is 12.7. The number of allylic oxidation sites excluding steroid dienone is 1. The zero-order chi connectivity index (χ0) is 14.7. The van der Waals surface area contributed by atoms with Crippen LogP contribution in [0.1, 0.15) is 45.4 Å². The van der Waals surface area contributed by atoms with Gasteiger partial charge in [-0.3, -0.25) is 4.79 Å². The number of fused-ring (bicyclic) bond motifs is 1. The highest BCUT2D eigenvalue weighted by Crippen LogP contribution is 2.41. The Kier molecular flexibility index (Phi) is 4.65. The van der Waals surface area contributed by atoms with Crippen LogP contribution in [-0.4, -0.2) is 49.8 Å². The Morgan fingerprint density at radius 1 is 1.52 bits per heavy atom. The van der Waals surface area contributed by atoms with Crippen molar-refractivity contribution in [1.29, 1.82) is 0 Å². The third kappa shape index (κ3) is 3.02. The molecule has 0 aromatic rings. The lowest BCUT2D eigenvalue weighted by molar-refractivity contribution is -0.162. The molecule has 3 rings (SSSR count). The molecule has 118 valence electrons. The maximum Gasteiger partial charge on any atom is 0.249 e. The molecule has 2 heterocycles. The average Bonchev–Trinajstić information content (AvgIpc) is 3.06. The summed E-state index contributed by atoms with van der Waals surface area (Å²) in [7, 11) is 0. The Bertz CT molecular complexity index is 420. The van der Waals surface area contributed by atoms with E-state index in [1.807, 2.05) is 6.92 Å². The fourth-order valence-corrected chi connectivity index (χ4v) is 4.05. The lowest BCUT2D eigenvalue weighted by Crippen LogP contribution is -2.58. The van der Waals surface area contributed by atoms with Crippen LogP contribution in [0.5, 0.6) is 0 Å². The molecule has 4 nitrogen and oxygen atoms in total. The first-order valence-electron chi connectivity index (χ1n) is 8.43. The molecule has 0 spiro atoms. The van der Waals surface area contributed by atoms with Crippen molar-refractivity contribution in [3.05, 3.63) is 11.6 Å². The third-order valence-electron chi connectivity index (χ3n) is 5.18. The molecule has 2 fully saturated rings. The summed E-state index contributed by atoms with van der Waals surface area (Å²) in [6.07, 6.45) is 8.67. The fourth-order valence-electron chi connectivity index (χ4n) is 4.05. The van der Waals surface area contributed by atoms with E-state index in [4.69, 9.17) is 9.47 Å². The predicted octanol–water partition coefficient (Wildman–Crippen LogP) is 2.53. The highest BCUT2D eigenvalue weighted by atomic mass is 16.5. The summed E-state index contributed by atoms with van der Waals surface area (Å²) in [5.41, 5.74) is 1.04. The monoisotopic (exact) mass is 293 g/mol. The Morgan fingerprint density at radius 2 is 2.43 bits per heavy atom. The van der Waals surface area contributed by atoms with Crippen molar-refractivity contribution in [3.63, 3.8) is 0 Å². The molecule has 2 atom stereocenters. The average molecular weight is 293 g/mol. The molecule has 0 N–H and O–H groups in total. The minimum absolute atomic E-state index is 0.0152. The zero-order valence-electron chi connectivity index (χ0n) is 13.1. The van der Waals surface area contributed by atoms with Gasteiger partial charge in [-0.15, -0.1) is 0 Å². The van der Waals surface area contributed by atoms with Gasteiger partial charge < -0.3 is 14.4 Å². The Balaban J connectivity index is 1.72. The van der Waals surface area contributed by atoms with Crippen LogP contribution in [-0.2, 0) is 14.3 Å². The van der Waals surface area contributed by atoms with Crippen LogP contribution in [0.25, 0.3) is 0 Å². The molecule has 0 radical (unpaired) electrons. The van der Waals surface area contributed by atoms with E-state index in [9.17, 15) is 4.79 Å². The number of amides is 1. The number of piperidine rings is 1. The van der Waals surface area contributed by atoms with Crippen molar-refractivity contribution in [2.45, 2.75) is 51.6 Å². The third-order valence-corrected chi connectivity index (χ3v) is 5.18. The van der Waals surface area contributed by atoms with E-state index >= 15 is 0 Å². The van der Waals surface area contributed by atoms with Crippen LogP contribution in [0, 0.1) is 5.41 Å². The van der Waals surface area contributed by atoms with Crippen molar-refractivity contribution in [1.82, 2.24) is 4.90 Å². The summed E-state index contributed by atoms with van der Waals surface area (Å²) in [4.78, 5) is 14.7. The number of hydrogen-bond acceptors (Lipinski definition) is 3. The van der Waals surface area contributed by atoms with Crippen LogP contribution in [0.4, 0.5) is 0 Å². The normalized spacial score (nSPS) is 32.7. The highest BCUT2D eigenvalue weighted by molar-refractivity contribution is 5.93. The second-order valence-corrected chi connectivity index (χ2v) is 6.60. The van der Waals surface area contributed by atoms with Gasteiger partial charge in [-0.05, 0) is 45.4 Å². The van der Waals surface area contributed by atoms with Gasteiger partial charge in [0.05, 0.1) is 12.7 Å². The first-order valence-corrected chi connectivity index (χ1v) is 8.43. The van der Waals surface area contributed by atoms with Crippen LogP contribution in [0.15, 0.2) is 11.6 Å². The highest BCUT2D eigenvalue weighted by Gasteiger charge is 2.47. The summed E-state index contributed by atoms with van der Waals surface area (Å²) in [6, 6.07) is 0. The van der Waals surface area contributed by atoms with Gasteiger partial charge in [0.1, 0.15) is 0 Å². The number of likely N-dealkylation sites (tertiary alicyclic amines) is 1. The minimum Gasteiger partial charge on any atom is -0.381 e. The molecule has 0 aromatic carbocycles. The zero-order valence-corrected chi connectivity index (χ0v) is 13.1. The summed E-state index contributed by atoms with van der Waals surface area (Å²) in [5, 5.41) is 0. The summed E-state index contributed by atoms with van der Waals surface area (Å²) in [6.45, 7) is 5.97. The Hall–Kier alpha value is -0.870. The van der Waals surface area contributed by atoms with Crippen molar-refractivity contribution in [2.75, 3.05) is 32.9 Å². The van der Waals surface area contributed by atoms with Crippen LogP contribution in [0.3, 0.4) is 0 Å².